The lowest BCUT2D eigenvalue weighted by Crippen LogP contribution is -2.28. The number of hydrogen-bond donors (Lipinski definition) is 1. The summed E-state index contributed by atoms with van der Waals surface area (Å²) in [6.45, 7) is 7.10. The zero-order valence-corrected chi connectivity index (χ0v) is 17.1. The third-order valence-electron chi connectivity index (χ3n) is 5.76. The number of fused-ring (bicyclic) bond motifs is 3. The van der Waals surface area contributed by atoms with Gasteiger partial charge in [0.1, 0.15) is 11.2 Å². The molecule has 0 amide bonds. The molecule has 6 heteroatoms. The molecule has 0 aromatic carbocycles. The van der Waals surface area contributed by atoms with Crippen molar-refractivity contribution in [3.63, 3.8) is 0 Å². The molecule has 0 saturated heterocycles. The van der Waals surface area contributed by atoms with Crippen molar-refractivity contribution in [3.8, 4) is 0 Å². The van der Waals surface area contributed by atoms with Gasteiger partial charge in [0, 0.05) is 9.75 Å². The highest BCUT2D eigenvalue weighted by Gasteiger charge is 2.33. The van der Waals surface area contributed by atoms with E-state index in [0.717, 1.165) is 28.4 Å². The summed E-state index contributed by atoms with van der Waals surface area (Å²) in [5.41, 5.74) is 4.97. The molecular weight excluding hydrogens is 360 g/mol. The molecule has 0 radical (unpaired) electrons. The Bertz CT molecular complexity index is 925. The first-order chi connectivity index (χ1) is 12.6. The van der Waals surface area contributed by atoms with Crippen molar-refractivity contribution < 1.29 is 0 Å². The SMILES string of the molecule is CCC(C)(C)C1CCc2sc3ncnc(N/N=C/c4cccs4)c3c2C1. The second kappa shape index (κ2) is 7.08. The Morgan fingerprint density at radius 2 is 2.27 bits per heavy atom. The van der Waals surface area contributed by atoms with Gasteiger partial charge in [-0.2, -0.15) is 5.10 Å². The third kappa shape index (κ3) is 3.28. The Morgan fingerprint density at radius 3 is 3.04 bits per heavy atom. The van der Waals surface area contributed by atoms with Crippen LogP contribution in [-0.4, -0.2) is 16.2 Å². The summed E-state index contributed by atoms with van der Waals surface area (Å²) in [5.74, 6) is 1.54. The number of rotatable bonds is 5. The van der Waals surface area contributed by atoms with Crippen LogP contribution in [0.3, 0.4) is 0 Å². The molecule has 4 nitrogen and oxygen atoms in total. The van der Waals surface area contributed by atoms with Gasteiger partial charge in [-0.05, 0) is 47.6 Å². The van der Waals surface area contributed by atoms with Crippen LogP contribution >= 0.6 is 22.7 Å². The van der Waals surface area contributed by atoms with Crippen LogP contribution in [0.25, 0.3) is 10.2 Å². The summed E-state index contributed by atoms with van der Waals surface area (Å²) in [5, 5.41) is 7.62. The monoisotopic (exact) mass is 384 g/mol. The first-order valence-corrected chi connectivity index (χ1v) is 10.9. The lowest BCUT2D eigenvalue weighted by Gasteiger charge is -2.36. The van der Waals surface area contributed by atoms with E-state index in [-0.39, 0.29) is 0 Å². The fraction of sp³-hybridized carbons (Fsp3) is 0.450. The molecule has 3 aromatic rings. The van der Waals surface area contributed by atoms with Gasteiger partial charge < -0.3 is 0 Å². The molecule has 1 N–H and O–H groups in total. The highest BCUT2D eigenvalue weighted by Crippen LogP contribution is 2.45. The van der Waals surface area contributed by atoms with E-state index in [9.17, 15) is 0 Å². The van der Waals surface area contributed by atoms with E-state index in [0.29, 0.717) is 11.3 Å². The standard InChI is InChI=1S/C20H24N4S2/c1-4-20(2,3)13-7-8-16-15(10-13)17-18(21-12-22-19(17)26-16)24-23-11-14-6-5-9-25-14/h5-6,9,11-13H,4,7-8,10H2,1-3H3,(H,21,22,24)/b23-11+. The minimum Gasteiger partial charge on any atom is -0.261 e. The Kier molecular flexibility index (Phi) is 4.80. The topological polar surface area (TPSA) is 50.2 Å². The zero-order chi connectivity index (χ0) is 18.1. The number of nitrogens with one attached hydrogen (secondary N) is 1. The summed E-state index contributed by atoms with van der Waals surface area (Å²) in [6, 6.07) is 4.08. The van der Waals surface area contributed by atoms with Crippen LogP contribution in [-0.2, 0) is 12.8 Å². The molecule has 0 aliphatic heterocycles. The number of aryl methyl sites for hydroxylation is 1. The predicted octanol–water partition coefficient (Wildman–Crippen LogP) is 5.74. The number of thiophene rings is 2. The molecular formula is C20H24N4S2. The number of aromatic nitrogens is 2. The molecule has 4 rings (SSSR count). The first kappa shape index (κ1) is 17.6. The van der Waals surface area contributed by atoms with Crippen LogP contribution in [0.4, 0.5) is 5.82 Å². The van der Waals surface area contributed by atoms with Crippen LogP contribution in [0, 0.1) is 11.3 Å². The molecule has 0 spiro atoms. The molecule has 1 aliphatic carbocycles. The Balaban J connectivity index is 1.67. The van der Waals surface area contributed by atoms with Gasteiger partial charge in [-0.1, -0.05) is 33.3 Å². The highest BCUT2D eigenvalue weighted by molar-refractivity contribution is 7.19. The Hall–Kier alpha value is -1.79. The number of hydrazone groups is 1. The van der Waals surface area contributed by atoms with Crippen LogP contribution in [0.15, 0.2) is 28.9 Å². The summed E-state index contributed by atoms with van der Waals surface area (Å²) >= 11 is 3.50. The van der Waals surface area contributed by atoms with E-state index in [1.54, 1.807) is 17.7 Å². The molecule has 26 heavy (non-hydrogen) atoms. The van der Waals surface area contributed by atoms with Crippen molar-refractivity contribution in [2.75, 3.05) is 5.43 Å². The molecule has 1 atom stereocenters. The summed E-state index contributed by atoms with van der Waals surface area (Å²) < 4.78 is 0. The smallest absolute Gasteiger partial charge is 0.158 e. The second-order valence-corrected chi connectivity index (χ2v) is 9.64. The molecule has 1 unspecified atom stereocenters. The van der Waals surface area contributed by atoms with Crippen molar-refractivity contribution in [2.45, 2.75) is 46.5 Å². The largest absolute Gasteiger partial charge is 0.261 e. The summed E-state index contributed by atoms with van der Waals surface area (Å²) in [6.07, 6.45) is 8.24. The molecule has 1 aliphatic rings. The molecule has 0 fully saturated rings. The molecule has 0 saturated carbocycles. The fourth-order valence-electron chi connectivity index (χ4n) is 3.67. The van der Waals surface area contributed by atoms with Crippen LogP contribution in [0.1, 0.15) is 48.9 Å². The summed E-state index contributed by atoms with van der Waals surface area (Å²) in [4.78, 5) is 12.7. The lowest BCUT2D eigenvalue weighted by atomic mass is 9.69. The van der Waals surface area contributed by atoms with E-state index < -0.39 is 0 Å². The number of anilines is 1. The van der Waals surface area contributed by atoms with Crippen molar-refractivity contribution in [2.24, 2.45) is 16.4 Å². The van der Waals surface area contributed by atoms with Crippen molar-refractivity contribution in [1.29, 1.82) is 0 Å². The minimum absolute atomic E-state index is 0.368. The average Bonchev–Trinajstić information content (AvgIpc) is 3.28. The summed E-state index contributed by atoms with van der Waals surface area (Å²) in [7, 11) is 0. The van der Waals surface area contributed by atoms with Crippen molar-refractivity contribution >= 4 is 44.9 Å². The Morgan fingerprint density at radius 1 is 1.38 bits per heavy atom. The fourth-order valence-corrected chi connectivity index (χ4v) is 5.44. The highest BCUT2D eigenvalue weighted by atomic mass is 32.1. The number of hydrogen-bond acceptors (Lipinski definition) is 6. The van der Waals surface area contributed by atoms with Gasteiger partial charge >= 0.3 is 0 Å². The number of nitrogens with zero attached hydrogens (tertiary/aromatic N) is 3. The van der Waals surface area contributed by atoms with Gasteiger partial charge in [-0.25, -0.2) is 9.97 Å². The predicted molar refractivity (Wildman–Crippen MR) is 113 cm³/mol. The maximum Gasteiger partial charge on any atom is 0.158 e. The molecule has 3 aromatic heterocycles. The molecule has 0 bridgehead atoms. The average molecular weight is 385 g/mol. The first-order valence-electron chi connectivity index (χ1n) is 9.16. The van der Waals surface area contributed by atoms with Crippen LogP contribution in [0.5, 0.6) is 0 Å². The minimum atomic E-state index is 0.368. The van der Waals surface area contributed by atoms with E-state index >= 15 is 0 Å². The third-order valence-corrected chi connectivity index (χ3v) is 7.77. The molecule has 3 heterocycles. The van der Waals surface area contributed by atoms with Gasteiger partial charge in [0.25, 0.3) is 0 Å². The maximum atomic E-state index is 4.53. The maximum absolute atomic E-state index is 4.53. The van der Waals surface area contributed by atoms with Gasteiger partial charge in [-0.15, -0.1) is 22.7 Å². The van der Waals surface area contributed by atoms with Gasteiger partial charge in [0.2, 0.25) is 0 Å². The van der Waals surface area contributed by atoms with Crippen LogP contribution < -0.4 is 5.43 Å². The van der Waals surface area contributed by atoms with Gasteiger partial charge in [-0.3, -0.25) is 5.43 Å². The van der Waals surface area contributed by atoms with E-state index in [1.807, 2.05) is 23.6 Å². The van der Waals surface area contributed by atoms with Crippen LogP contribution in [0.2, 0.25) is 0 Å². The normalized spacial score (nSPS) is 17.7. The Labute approximate surface area is 162 Å². The van der Waals surface area contributed by atoms with E-state index in [2.05, 4.69) is 52.7 Å². The quantitative estimate of drug-likeness (QED) is 0.451. The van der Waals surface area contributed by atoms with E-state index in [1.165, 1.54) is 28.7 Å². The van der Waals surface area contributed by atoms with Gasteiger partial charge in [0.05, 0.1) is 11.6 Å². The van der Waals surface area contributed by atoms with Gasteiger partial charge in [0.15, 0.2) is 5.82 Å². The van der Waals surface area contributed by atoms with E-state index in [4.69, 9.17) is 0 Å². The zero-order valence-electron chi connectivity index (χ0n) is 15.5. The molecule has 136 valence electrons. The lowest BCUT2D eigenvalue weighted by molar-refractivity contribution is 0.184. The van der Waals surface area contributed by atoms with Crippen molar-refractivity contribution in [3.05, 3.63) is 39.2 Å². The van der Waals surface area contributed by atoms with Crippen molar-refractivity contribution in [1.82, 2.24) is 9.97 Å². The second-order valence-electron chi connectivity index (χ2n) is 7.57.